The van der Waals surface area contributed by atoms with Crippen LogP contribution in [0.2, 0.25) is 0 Å². The smallest absolute Gasteiger partial charge is 0.208 e. The molecule has 1 aromatic carbocycles. The number of imidazole rings is 1. The van der Waals surface area contributed by atoms with Crippen molar-refractivity contribution in [1.29, 1.82) is 0 Å². The van der Waals surface area contributed by atoms with Crippen molar-refractivity contribution in [1.82, 2.24) is 22.9 Å². The third-order valence-electron chi connectivity index (χ3n) is 5.78. The number of hydrogen-bond donors (Lipinski definition) is 0. The van der Waals surface area contributed by atoms with Crippen molar-refractivity contribution in [2.45, 2.75) is 57.7 Å². The second kappa shape index (κ2) is 7.83. The van der Waals surface area contributed by atoms with E-state index in [-0.39, 0.29) is 16.9 Å². The van der Waals surface area contributed by atoms with Crippen molar-refractivity contribution >= 4 is 39.3 Å². The maximum Gasteiger partial charge on any atom is 0.208 e. The minimum absolute atomic E-state index is 0.0734. The molecule has 1 fully saturated rings. The molecule has 0 saturated carbocycles. The Bertz CT molecular complexity index is 1010. The zero-order chi connectivity index (χ0) is 21.7. The van der Waals surface area contributed by atoms with Crippen molar-refractivity contribution in [2.24, 2.45) is 0 Å². The lowest BCUT2D eigenvalue weighted by atomic mass is 9.79. The minimum atomic E-state index is -0.313. The van der Waals surface area contributed by atoms with E-state index in [4.69, 9.17) is 0 Å². The van der Waals surface area contributed by atoms with Gasteiger partial charge in [-0.2, -0.15) is 0 Å². The Hall–Kier alpha value is -1.59. The fraction of sp³-hybridized carbons (Fsp3) is 0.476. The molecule has 0 amide bonds. The second-order valence-corrected chi connectivity index (χ2v) is 11.0. The summed E-state index contributed by atoms with van der Waals surface area (Å²) in [4.78, 5) is 6.23. The topological polar surface area (TPSA) is 50.1 Å². The lowest BCUT2D eigenvalue weighted by Crippen LogP contribution is -2.59. The van der Waals surface area contributed by atoms with E-state index in [0.717, 1.165) is 23.7 Å². The van der Waals surface area contributed by atoms with E-state index in [1.165, 1.54) is 17.4 Å². The predicted molar refractivity (Wildman–Crippen MR) is 128 cm³/mol. The third kappa shape index (κ3) is 3.99. The van der Waals surface area contributed by atoms with E-state index in [0.29, 0.717) is 16.6 Å². The van der Waals surface area contributed by atoms with Gasteiger partial charge >= 0.3 is 0 Å². The van der Waals surface area contributed by atoms with Crippen LogP contribution in [-0.2, 0) is 0 Å². The number of aromatic nitrogens is 4. The number of halogens is 2. The number of anilines is 1. The van der Waals surface area contributed by atoms with Crippen molar-refractivity contribution in [3.05, 3.63) is 42.7 Å². The summed E-state index contributed by atoms with van der Waals surface area (Å²) in [5, 5.41) is 10.1. The largest absolute Gasteiger partial charge is 0.347 e. The molecule has 160 valence electrons. The summed E-state index contributed by atoms with van der Waals surface area (Å²) >= 11 is 3.89. The molecule has 30 heavy (non-hydrogen) atoms. The standard InChI is InChI=1S/C21H26FIN6S/c1-20(2)11-15(12-21(3,4)29(20)23)27(5)19-26-25-18(30-19)16-7-6-14(10-17(16)22)28-9-8-24-13-28/h6-10,13,15H,11-12H2,1-5H3. The summed E-state index contributed by atoms with van der Waals surface area (Å²) in [5.41, 5.74) is 1.35. The molecule has 0 unspecified atom stereocenters. The quantitative estimate of drug-likeness (QED) is 0.331. The zero-order valence-electron chi connectivity index (χ0n) is 17.8. The van der Waals surface area contributed by atoms with Gasteiger partial charge in [-0.1, -0.05) is 11.3 Å². The Balaban J connectivity index is 1.57. The Morgan fingerprint density at radius 1 is 1.17 bits per heavy atom. The highest BCUT2D eigenvalue weighted by Crippen LogP contribution is 2.44. The molecule has 0 N–H and O–H groups in total. The average Bonchev–Trinajstić information content (AvgIpc) is 3.37. The van der Waals surface area contributed by atoms with Gasteiger partial charge in [-0.3, -0.25) is 0 Å². The zero-order valence-corrected chi connectivity index (χ0v) is 20.8. The van der Waals surface area contributed by atoms with Crippen molar-refractivity contribution < 1.29 is 4.39 Å². The fourth-order valence-electron chi connectivity index (χ4n) is 4.35. The molecule has 3 heterocycles. The fourth-order valence-corrected chi connectivity index (χ4v) is 5.65. The summed E-state index contributed by atoms with van der Waals surface area (Å²) < 4.78 is 19.0. The summed E-state index contributed by atoms with van der Waals surface area (Å²) in [7, 11) is 2.07. The van der Waals surface area contributed by atoms with Crippen LogP contribution in [0.1, 0.15) is 40.5 Å². The Morgan fingerprint density at radius 2 is 1.87 bits per heavy atom. The highest BCUT2D eigenvalue weighted by atomic mass is 127. The van der Waals surface area contributed by atoms with Crippen LogP contribution in [0.15, 0.2) is 36.9 Å². The second-order valence-electron chi connectivity index (χ2n) is 9.10. The maximum absolute atomic E-state index is 14.8. The lowest BCUT2D eigenvalue weighted by molar-refractivity contribution is 0.0724. The van der Waals surface area contributed by atoms with E-state index in [1.54, 1.807) is 29.4 Å². The molecular formula is C21H26FIN6S. The first-order chi connectivity index (χ1) is 14.1. The molecule has 1 aliphatic heterocycles. The molecule has 3 aromatic rings. The van der Waals surface area contributed by atoms with Crippen LogP contribution in [0.4, 0.5) is 9.52 Å². The average molecular weight is 540 g/mol. The lowest BCUT2D eigenvalue weighted by Gasteiger charge is -2.53. The minimum Gasteiger partial charge on any atom is -0.347 e. The molecule has 6 nitrogen and oxygen atoms in total. The van der Waals surface area contributed by atoms with Crippen molar-refractivity contribution in [3.63, 3.8) is 0 Å². The summed E-state index contributed by atoms with van der Waals surface area (Å²) in [5.74, 6) is -0.313. The van der Waals surface area contributed by atoms with Crippen LogP contribution in [0, 0.1) is 5.82 Å². The molecule has 1 saturated heterocycles. The Labute approximate surface area is 194 Å². The van der Waals surface area contributed by atoms with E-state index in [2.05, 4.69) is 80.8 Å². The van der Waals surface area contributed by atoms with Crippen molar-refractivity contribution in [3.8, 4) is 16.3 Å². The van der Waals surface area contributed by atoms with E-state index in [1.807, 2.05) is 6.07 Å². The first-order valence-electron chi connectivity index (χ1n) is 9.89. The number of hydrogen-bond acceptors (Lipinski definition) is 6. The van der Waals surface area contributed by atoms with Crippen LogP contribution >= 0.6 is 34.2 Å². The van der Waals surface area contributed by atoms with Crippen LogP contribution in [0.3, 0.4) is 0 Å². The molecule has 0 aliphatic carbocycles. The molecular weight excluding hydrogens is 514 g/mol. The first-order valence-corrected chi connectivity index (χ1v) is 11.7. The first kappa shape index (κ1) is 21.6. The number of rotatable bonds is 4. The Kier molecular flexibility index (Phi) is 5.65. The molecule has 4 rings (SSSR count). The summed E-state index contributed by atoms with van der Waals surface area (Å²) in [6.45, 7) is 9.13. The van der Waals surface area contributed by atoms with Gasteiger partial charge in [0.25, 0.3) is 0 Å². The van der Waals surface area contributed by atoms with Gasteiger partial charge in [-0.25, -0.2) is 12.5 Å². The summed E-state index contributed by atoms with van der Waals surface area (Å²) in [6, 6.07) is 5.47. The van der Waals surface area contributed by atoms with Gasteiger partial charge in [0, 0.05) is 70.7 Å². The molecule has 1 aliphatic rings. The molecule has 2 aromatic heterocycles. The molecule has 0 bridgehead atoms. The predicted octanol–water partition coefficient (Wildman–Crippen LogP) is 5.34. The molecule has 9 heteroatoms. The van der Waals surface area contributed by atoms with Gasteiger partial charge in [0.1, 0.15) is 5.82 Å². The normalized spacial score (nSPS) is 19.2. The molecule has 0 radical (unpaired) electrons. The Morgan fingerprint density at radius 3 is 2.47 bits per heavy atom. The monoisotopic (exact) mass is 540 g/mol. The van der Waals surface area contributed by atoms with Gasteiger partial charge in [0.15, 0.2) is 5.01 Å². The highest BCUT2D eigenvalue weighted by Gasteiger charge is 2.45. The van der Waals surface area contributed by atoms with Crippen LogP contribution in [-0.4, -0.2) is 47.0 Å². The summed E-state index contributed by atoms with van der Waals surface area (Å²) in [6.07, 6.45) is 7.16. The van der Waals surface area contributed by atoms with Gasteiger partial charge in [-0.15, -0.1) is 10.2 Å². The number of benzene rings is 1. The highest BCUT2D eigenvalue weighted by molar-refractivity contribution is 14.1. The maximum atomic E-state index is 14.8. The number of piperidine rings is 1. The van der Waals surface area contributed by atoms with Gasteiger partial charge < -0.3 is 9.47 Å². The van der Waals surface area contributed by atoms with E-state index < -0.39 is 0 Å². The van der Waals surface area contributed by atoms with Gasteiger partial charge in [0.2, 0.25) is 5.13 Å². The van der Waals surface area contributed by atoms with E-state index >= 15 is 0 Å². The van der Waals surface area contributed by atoms with Crippen LogP contribution in [0.5, 0.6) is 0 Å². The van der Waals surface area contributed by atoms with Gasteiger partial charge in [0.05, 0.1) is 6.33 Å². The SMILES string of the molecule is CN(c1nnc(-c2ccc(-n3ccnc3)cc2F)s1)C1CC(C)(C)N(I)C(C)(C)C1. The molecule has 0 atom stereocenters. The van der Waals surface area contributed by atoms with Crippen LogP contribution < -0.4 is 4.90 Å². The third-order valence-corrected chi connectivity index (χ3v) is 9.44. The van der Waals surface area contributed by atoms with Crippen LogP contribution in [0.25, 0.3) is 16.3 Å². The van der Waals surface area contributed by atoms with Crippen molar-refractivity contribution in [2.75, 3.05) is 11.9 Å². The number of nitrogens with zero attached hydrogens (tertiary/aromatic N) is 6. The van der Waals surface area contributed by atoms with E-state index in [9.17, 15) is 4.39 Å². The van der Waals surface area contributed by atoms with Gasteiger partial charge in [-0.05, 0) is 58.7 Å². The molecule has 0 spiro atoms.